The van der Waals surface area contributed by atoms with Crippen LogP contribution >= 0.6 is 15.9 Å². The van der Waals surface area contributed by atoms with Crippen LogP contribution in [0.2, 0.25) is 0 Å². The molecular formula is C15H20BrNO3. The first-order chi connectivity index (χ1) is 9.28. The second-order valence-electron chi connectivity index (χ2n) is 5.88. The largest absolute Gasteiger partial charge is 0.491 e. The Bertz CT molecular complexity index is 510. The van der Waals surface area contributed by atoms with Crippen molar-refractivity contribution in [3.63, 3.8) is 0 Å². The lowest BCUT2D eigenvalue weighted by atomic mass is 10.1. The molecule has 0 spiro atoms. The summed E-state index contributed by atoms with van der Waals surface area (Å²) in [6.45, 7) is 8.59. The van der Waals surface area contributed by atoms with Crippen molar-refractivity contribution in [2.45, 2.75) is 39.3 Å². The second kappa shape index (κ2) is 5.64. The second-order valence-corrected chi connectivity index (χ2v) is 6.80. The molecular weight excluding hydrogens is 322 g/mol. The van der Waals surface area contributed by atoms with E-state index >= 15 is 0 Å². The molecule has 5 heteroatoms. The average molecular weight is 342 g/mol. The quantitative estimate of drug-likeness (QED) is 0.711. The Morgan fingerprint density at radius 3 is 2.80 bits per heavy atom. The van der Waals surface area contributed by atoms with Gasteiger partial charge in [-0.3, -0.25) is 4.90 Å². The fraction of sp³-hybridized carbons (Fsp3) is 0.533. The number of nitrogens with zero attached hydrogens (tertiary/aromatic N) is 1. The van der Waals surface area contributed by atoms with Gasteiger partial charge < -0.3 is 9.47 Å². The lowest BCUT2D eigenvalue weighted by molar-refractivity contribution is 0.0167. The van der Waals surface area contributed by atoms with Crippen LogP contribution in [0.15, 0.2) is 22.7 Å². The number of ether oxygens (including phenoxy) is 2. The van der Waals surface area contributed by atoms with Gasteiger partial charge in [0.2, 0.25) is 0 Å². The zero-order valence-electron chi connectivity index (χ0n) is 12.3. The van der Waals surface area contributed by atoms with Crippen LogP contribution in [0.3, 0.4) is 0 Å². The van der Waals surface area contributed by atoms with E-state index in [4.69, 9.17) is 9.47 Å². The molecule has 20 heavy (non-hydrogen) atoms. The van der Waals surface area contributed by atoms with E-state index in [1.165, 1.54) is 0 Å². The molecule has 1 unspecified atom stereocenters. The van der Waals surface area contributed by atoms with E-state index in [2.05, 4.69) is 15.9 Å². The molecule has 0 aliphatic carbocycles. The van der Waals surface area contributed by atoms with E-state index in [0.29, 0.717) is 13.2 Å². The van der Waals surface area contributed by atoms with E-state index < -0.39 is 5.60 Å². The SMILES string of the molecule is CC1c2cc(Br)ccc2OCCN1C(=O)OC(C)(C)C. The van der Waals surface area contributed by atoms with E-state index in [1.807, 2.05) is 45.9 Å². The number of carbonyl (C=O) groups excluding carboxylic acids is 1. The van der Waals surface area contributed by atoms with Crippen LogP contribution in [0.4, 0.5) is 4.79 Å². The number of fused-ring (bicyclic) bond motifs is 1. The van der Waals surface area contributed by atoms with Gasteiger partial charge in [0.1, 0.15) is 18.0 Å². The minimum absolute atomic E-state index is 0.0835. The van der Waals surface area contributed by atoms with Gasteiger partial charge in [-0.05, 0) is 45.9 Å². The fourth-order valence-electron chi connectivity index (χ4n) is 2.16. The zero-order chi connectivity index (χ0) is 14.9. The molecule has 0 fully saturated rings. The Morgan fingerprint density at radius 1 is 1.45 bits per heavy atom. The van der Waals surface area contributed by atoms with Gasteiger partial charge in [0.15, 0.2) is 0 Å². The molecule has 1 aliphatic heterocycles. The normalized spacial score (nSPS) is 18.9. The molecule has 0 aromatic heterocycles. The third-order valence-corrected chi connectivity index (χ3v) is 3.60. The molecule has 1 aliphatic rings. The molecule has 1 heterocycles. The molecule has 0 saturated carbocycles. The minimum atomic E-state index is -0.496. The lowest BCUT2D eigenvalue weighted by Gasteiger charge is -2.30. The maximum Gasteiger partial charge on any atom is 0.410 e. The van der Waals surface area contributed by atoms with Crippen molar-refractivity contribution in [2.75, 3.05) is 13.2 Å². The van der Waals surface area contributed by atoms with Gasteiger partial charge in [-0.15, -0.1) is 0 Å². The highest BCUT2D eigenvalue weighted by Crippen LogP contribution is 2.34. The molecule has 1 atom stereocenters. The number of carbonyl (C=O) groups is 1. The van der Waals surface area contributed by atoms with Crippen molar-refractivity contribution in [3.8, 4) is 5.75 Å². The number of halogens is 1. The summed E-state index contributed by atoms with van der Waals surface area (Å²) in [5, 5.41) is 0. The third kappa shape index (κ3) is 3.45. The first-order valence-corrected chi connectivity index (χ1v) is 7.49. The Labute approximate surface area is 128 Å². The molecule has 110 valence electrons. The predicted molar refractivity (Wildman–Crippen MR) is 81.0 cm³/mol. The predicted octanol–water partition coefficient (Wildman–Crippen LogP) is 4.14. The van der Waals surface area contributed by atoms with Crippen LogP contribution in [0.1, 0.15) is 39.3 Å². The molecule has 0 saturated heterocycles. The summed E-state index contributed by atoms with van der Waals surface area (Å²) >= 11 is 3.46. The van der Waals surface area contributed by atoms with Crippen LogP contribution in [-0.2, 0) is 4.74 Å². The highest BCUT2D eigenvalue weighted by Gasteiger charge is 2.30. The number of amides is 1. The van der Waals surface area contributed by atoms with Gasteiger partial charge in [-0.2, -0.15) is 0 Å². The number of rotatable bonds is 0. The summed E-state index contributed by atoms with van der Waals surface area (Å²) in [4.78, 5) is 14.0. The van der Waals surface area contributed by atoms with Crippen LogP contribution in [0.25, 0.3) is 0 Å². The summed E-state index contributed by atoms with van der Waals surface area (Å²) < 4.78 is 12.2. The molecule has 1 aromatic carbocycles. The lowest BCUT2D eigenvalue weighted by Crippen LogP contribution is -2.39. The number of hydrogen-bond donors (Lipinski definition) is 0. The Morgan fingerprint density at radius 2 is 2.15 bits per heavy atom. The van der Waals surface area contributed by atoms with Gasteiger partial charge in [0.05, 0.1) is 12.6 Å². The van der Waals surface area contributed by atoms with E-state index in [-0.39, 0.29) is 12.1 Å². The summed E-state index contributed by atoms with van der Waals surface area (Å²) in [7, 11) is 0. The highest BCUT2D eigenvalue weighted by atomic mass is 79.9. The zero-order valence-corrected chi connectivity index (χ0v) is 13.9. The van der Waals surface area contributed by atoms with Crippen molar-refractivity contribution < 1.29 is 14.3 Å². The molecule has 2 rings (SSSR count). The van der Waals surface area contributed by atoms with E-state index in [1.54, 1.807) is 4.90 Å². The monoisotopic (exact) mass is 341 g/mol. The van der Waals surface area contributed by atoms with Crippen molar-refractivity contribution >= 4 is 22.0 Å². The van der Waals surface area contributed by atoms with Crippen molar-refractivity contribution in [3.05, 3.63) is 28.2 Å². The summed E-state index contributed by atoms with van der Waals surface area (Å²) in [6.07, 6.45) is -0.304. The Balaban J connectivity index is 2.26. The van der Waals surface area contributed by atoms with Gasteiger partial charge in [-0.1, -0.05) is 15.9 Å². The molecule has 1 amide bonds. The summed E-state index contributed by atoms with van der Waals surface area (Å²) in [5.74, 6) is 0.826. The Hall–Kier alpha value is -1.23. The van der Waals surface area contributed by atoms with Gasteiger partial charge in [0.25, 0.3) is 0 Å². The smallest absolute Gasteiger partial charge is 0.410 e. The first-order valence-electron chi connectivity index (χ1n) is 6.70. The van der Waals surface area contributed by atoms with Crippen molar-refractivity contribution in [2.24, 2.45) is 0 Å². The summed E-state index contributed by atoms with van der Waals surface area (Å²) in [6, 6.07) is 5.77. The minimum Gasteiger partial charge on any atom is -0.491 e. The first kappa shape index (κ1) is 15.2. The van der Waals surface area contributed by atoms with Crippen LogP contribution < -0.4 is 4.74 Å². The molecule has 1 aromatic rings. The highest BCUT2D eigenvalue weighted by molar-refractivity contribution is 9.10. The number of benzene rings is 1. The van der Waals surface area contributed by atoms with Gasteiger partial charge in [-0.25, -0.2) is 4.79 Å². The third-order valence-electron chi connectivity index (χ3n) is 3.11. The van der Waals surface area contributed by atoms with Crippen molar-refractivity contribution in [1.82, 2.24) is 4.90 Å². The molecule has 0 N–H and O–H groups in total. The van der Waals surface area contributed by atoms with Crippen LogP contribution in [0.5, 0.6) is 5.75 Å². The van der Waals surface area contributed by atoms with E-state index in [9.17, 15) is 4.79 Å². The maximum atomic E-state index is 12.3. The standard InChI is InChI=1S/C15H20BrNO3/c1-10-12-9-11(16)5-6-13(12)19-8-7-17(10)14(18)20-15(2,3)4/h5-6,9-10H,7-8H2,1-4H3. The van der Waals surface area contributed by atoms with Crippen LogP contribution in [-0.4, -0.2) is 29.7 Å². The topological polar surface area (TPSA) is 38.8 Å². The maximum absolute atomic E-state index is 12.3. The number of hydrogen-bond acceptors (Lipinski definition) is 3. The molecule has 0 radical (unpaired) electrons. The van der Waals surface area contributed by atoms with Gasteiger partial charge in [0, 0.05) is 10.0 Å². The molecule has 4 nitrogen and oxygen atoms in total. The Kier molecular flexibility index (Phi) is 4.28. The fourth-order valence-corrected chi connectivity index (χ4v) is 2.54. The van der Waals surface area contributed by atoms with Crippen LogP contribution in [0, 0.1) is 0 Å². The van der Waals surface area contributed by atoms with E-state index in [0.717, 1.165) is 15.8 Å². The van der Waals surface area contributed by atoms with Gasteiger partial charge >= 0.3 is 6.09 Å². The molecule has 0 bridgehead atoms. The van der Waals surface area contributed by atoms with Crippen molar-refractivity contribution in [1.29, 1.82) is 0 Å². The summed E-state index contributed by atoms with van der Waals surface area (Å²) in [5.41, 5.74) is 0.493. The average Bonchev–Trinajstić information content (AvgIpc) is 2.47.